The first-order valence-electron chi connectivity index (χ1n) is 9.26. The first-order chi connectivity index (χ1) is 12.8. The fourth-order valence-electron chi connectivity index (χ4n) is 4.00. The van der Waals surface area contributed by atoms with Crippen LogP contribution in [0.3, 0.4) is 0 Å². The van der Waals surface area contributed by atoms with Gasteiger partial charge in [0.25, 0.3) is 0 Å². The fourth-order valence-corrected chi connectivity index (χ4v) is 4.00. The van der Waals surface area contributed by atoms with Gasteiger partial charge >= 0.3 is 6.03 Å². The van der Waals surface area contributed by atoms with E-state index in [4.69, 9.17) is 0 Å². The minimum Gasteiger partial charge on any atom is -0.320 e. The maximum absolute atomic E-state index is 12.9. The van der Waals surface area contributed by atoms with Gasteiger partial charge in [-0.3, -0.25) is 9.88 Å². The van der Waals surface area contributed by atoms with E-state index in [1.807, 2.05) is 34.1 Å². The van der Waals surface area contributed by atoms with Gasteiger partial charge in [-0.25, -0.2) is 9.78 Å². The molecule has 1 aliphatic carbocycles. The number of anilines is 1. The third-order valence-corrected chi connectivity index (χ3v) is 5.23. The lowest BCUT2D eigenvalue weighted by Crippen LogP contribution is -2.40. The lowest BCUT2D eigenvalue weighted by Gasteiger charge is -2.31. The monoisotopic (exact) mass is 346 g/mol. The van der Waals surface area contributed by atoms with Crippen LogP contribution >= 0.6 is 0 Å². The van der Waals surface area contributed by atoms with Crippen molar-refractivity contribution in [3.05, 3.63) is 54.0 Å². The van der Waals surface area contributed by atoms with Gasteiger partial charge < -0.3 is 4.90 Å². The topological polar surface area (TPSA) is 49.3 Å². The summed E-state index contributed by atoms with van der Waals surface area (Å²) in [5.41, 5.74) is 1.70. The van der Waals surface area contributed by atoms with Gasteiger partial charge in [0.05, 0.1) is 12.1 Å². The summed E-state index contributed by atoms with van der Waals surface area (Å²) in [5, 5.41) is 0. The van der Waals surface area contributed by atoms with Gasteiger partial charge in [-0.15, -0.1) is 0 Å². The molecule has 132 valence electrons. The summed E-state index contributed by atoms with van der Waals surface area (Å²) in [5.74, 6) is 6.91. The van der Waals surface area contributed by atoms with Crippen molar-refractivity contribution < 1.29 is 4.79 Å². The minimum atomic E-state index is 0.0890. The number of carbonyl (C=O) groups excluding carboxylic acids is 1. The molecule has 5 nitrogen and oxygen atoms in total. The molecule has 0 bridgehead atoms. The van der Waals surface area contributed by atoms with Crippen LogP contribution < -0.4 is 4.90 Å². The highest BCUT2D eigenvalue weighted by molar-refractivity contribution is 5.94. The van der Waals surface area contributed by atoms with Gasteiger partial charge in [0, 0.05) is 36.3 Å². The van der Waals surface area contributed by atoms with Crippen LogP contribution in [-0.4, -0.2) is 39.5 Å². The van der Waals surface area contributed by atoms with Gasteiger partial charge in [-0.1, -0.05) is 24.7 Å². The van der Waals surface area contributed by atoms with Crippen LogP contribution in [0.5, 0.6) is 0 Å². The van der Waals surface area contributed by atoms with Crippen molar-refractivity contribution in [1.29, 1.82) is 0 Å². The molecule has 1 saturated carbocycles. The smallest absolute Gasteiger partial charge is 0.320 e. The van der Waals surface area contributed by atoms with Crippen LogP contribution in [0, 0.1) is 11.8 Å². The van der Waals surface area contributed by atoms with Crippen LogP contribution in [0.1, 0.15) is 43.7 Å². The molecule has 5 heteroatoms. The van der Waals surface area contributed by atoms with Gasteiger partial charge in [0.1, 0.15) is 5.82 Å². The number of carbonyl (C=O) groups is 1. The Balaban J connectivity index is 1.57. The van der Waals surface area contributed by atoms with Crippen LogP contribution in [0.25, 0.3) is 0 Å². The molecule has 2 unspecified atom stereocenters. The lowest BCUT2D eigenvalue weighted by molar-refractivity contribution is 0.195. The number of aromatic nitrogens is 2. The summed E-state index contributed by atoms with van der Waals surface area (Å²) in [4.78, 5) is 25.4. The lowest BCUT2D eigenvalue weighted by atomic mass is 9.90. The molecule has 2 atom stereocenters. The van der Waals surface area contributed by atoms with Crippen LogP contribution in [0.15, 0.2) is 42.9 Å². The Morgan fingerprint density at radius 2 is 1.85 bits per heavy atom. The molecule has 0 spiro atoms. The Kier molecular flexibility index (Phi) is 4.57. The second-order valence-corrected chi connectivity index (χ2v) is 6.75. The van der Waals surface area contributed by atoms with Crippen molar-refractivity contribution in [2.75, 3.05) is 11.4 Å². The molecule has 1 aliphatic heterocycles. The number of urea groups is 1. The summed E-state index contributed by atoms with van der Waals surface area (Å²) < 4.78 is 0. The fraction of sp³-hybridized carbons (Fsp3) is 0.381. The summed E-state index contributed by atoms with van der Waals surface area (Å²) >= 11 is 0. The number of likely N-dealkylation sites (N-methyl/N-ethyl adjacent to an activating group) is 1. The molecule has 0 aromatic carbocycles. The quantitative estimate of drug-likeness (QED) is 0.783. The summed E-state index contributed by atoms with van der Waals surface area (Å²) in [6.45, 7) is 2.81. The Labute approximate surface area is 154 Å². The number of hydrogen-bond acceptors (Lipinski definition) is 3. The Morgan fingerprint density at radius 3 is 2.50 bits per heavy atom. The average molecular weight is 346 g/mol. The molecule has 2 aromatic rings. The standard InChI is InChI=1S/C21H22N4O/c1-2-24-18-7-3-4-8-19(18)25(21(24)26)20-12-11-17(15-23-20)10-9-16-6-5-13-22-14-16/h5-6,11-15,18-19H,2-4,7-8H2,1H3. The minimum absolute atomic E-state index is 0.0890. The molecule has 2 amide bonds. The molecule has 2 fully saturated rings. The number of hydrogen-bond donors (Lipinski definition) is 0. The van der Waals surface area contributed by atoms with Crippen molar-refractivity contribution >= 4 is 11.8 Å². The molecular weight excluding hydrogens is 324 g/mol. The molecule has 26 heavy (non-hydrogen) atoms. The first-order valence-corrected chi connectivity index (χ1v) is 9.26. The van der Waals surface area contributed by atoms with Gasteiger partial charge in [0.2, 0.25) is 0 Å². The van der Waals surface area contributed by atoms with E-state index < -0.39 is 0 Å². The van der Waals surface area contributed by atoms with Gasteiger partial charge in [-0.2, -0.15) is 0 Å². The van der Waals surface area contributed by atoms with Crippen molar-refractivity contribution in [3.8, 4) is 11.8 Å². The van der Waals surface area contributed by atoms with E-state index in [0.717, 1.165) is 36.3 Å². The average Bonchev–Trinajstić information content (AvgIpc) is 2.99. The van der Waals surface area contributed by atoms with E-state index in [1.165, 1.54) is 12.8 Å². The van der Waals surface area contributed by atoms with Gasteiger partial charge in [-0.05, 0) is 44.0 Å². The molecule has 3 heterocycles. The molecule has 1 saturated heterocycles. The first kappa shape index (κ1) is 16.6. The Hall–Kier alpha value is -2.87. The molecular formula is C21H22N4O. The number of pyridine rings is 2. The largest absolute Gasteiger partial charge is 0.326 e. The van der Waals surface area contributed by atoms with E-state index in [0.29, 0.717) is 6.04 Å². The molecule has 2 aromatic heterocycles. The van der Waals surface area contributed by atoms with Crippen LogP contribution in [0.4, 0.5) is 10.6 Å². The zero-order valence-corrected chi connectivity index (χ0v) is 14.9. The van der Waals surface area contributed by atoms with Crippen molar-refractivity contribution in [2.45, 2.75) is 44.7 Å². The third kappa shape index (κ3) is 3.03. The predicted octanol–water partition coefficient (Wildman–Crippen LogP) is 3.45. The maximum atomic E-state index is 12.9. The zero-order chi connectivity index (χ0) is 17.9. The second-order valence-electron chi connectivity index (χ2n) is 6.75. The van der Waals surface area contributed by atoms with E-state index in [2.05, 4.69) is 28.7 Å². The van der Waals surface area contributed by atoms with Crippen molar-refractivity contribution in [2.24, 2.45) is 0 Å². The predicted molar refractivity (Wildman–Crippen MR) is 101 cm³/mol. The number of nitrogens with zero attached hydrogens (tertiary/aromatic N) is 4. The molecule has 0 radical (unpaired) electrons. The van der Waals surface area contributed by atoms with Crippen molar-refractivity contribution in [3.63, 3.8) is 0 Å². The second kappa shape index (κ2) is 7.17. The molecule has 2 aliphatic rings. The summed E-state index contributed by atoms with van der Waals surface area (Å²) in [6, 6.07) is 8.30. The third-order valence-electron chi connectivity index (χ3n) is 5.23. The number of rotatable bonds is 2. The van der Waals surface area contributed by atoms with Crippen LogP contribution in [0.2, 0.25) is 0 Å². The zero-order valence-electron chi connectivity index (χ0n) is 14.9. The van der Waals surface area contributed by atoms with Crippen molar-refractivity contribution in [1.82, 2.24) is 14.9 Å². The highest BCUT2D eigenvalue weighted by atomic mass is 16.2. The van der Waals surface area contributed by atoms with Gasteiger partial charge in [0.15, 0.2) is 0 Å². The highest BCUT2D eigenvalue weighted by Crippen LogP contribution is 2.36. The molecule has 4 rings (SSSR count). The maximum Gasteiger partial charge on any atom is 0.326 e. The van der Waals surface area contributed by atoms with E-state index in [-0.39, 0.29) is 12.1 Å². The summed E-state index contributed by atoms with van der Waals surface area (Å²) in [6.07, 6.45) is 9.74. The Bertz CT molecular complexity index is 838. The van der Waals surface area contributed by atoms with Crippen LogP contribution in [-0.2, 0) is 0 Å². The number of fused-ring (bicyclic) bond motifs is 1. The highest BCUT2D eigenvalue weighted by Gasteiger charge is 2.46. The molecule has 0 N–H and O–H groups in total. The SMILES string of the molecule is CCN1C(=O)N(c2ccc(C#Cc3cccnc3)cn2)C2CCCCC21. The summed E-state index contributed by atoms with van der Waals surface area (Å²) in [7, 11) is 0. The number of amides is 2. The Morgan fingerprint density at radius 1 is 1.08 bits per heavy atom. The van der Waals surface area contributed by atoms with E-state index in [1.54, 1.807) is 18.6 Å². The van der Waals surface area contributed by atoms with E-state index >= 15 is 0 Å². The normalized spacial score (nSPS) is 22.0. The van der Waals surface area contributed by atoms with E-state index in [9.17, 15) is 4.79 Å².